The zero-order valence-corrected chi connectivity index (χ0v) is 13.7. The Morgan fingerprint density at radius 2 is 1.71 bits per heavy atom. The van der Waals surface area contributed by atoms with Gasteiger partial charge in [0.15, 0.2) is 5.76 Å². The molecule has 0 spiro atoms. The normalized spacial score (nSPS) is 15.7. The van der Waals surface area contributed by atoms with Gasteiger partial charge in [0.25, 0.3) is 10.0 Å². The summed E-state index contributed by atoms with van der Waals surface area (Å²) in [5, 5.41) is 0.962. The summed E-state index contributed by atoms with van der Waals surface area (Å²) in [6, 6.07) is 16.1. The monoisotopic (exact) mass is 341 g/mol. The van der Waals surface area contributed by atoms with Gasteiger partial charge in [-0.2, -0.15) is 0 Å². The van der Waals surface area contributed by atoms with Crippen molar-refractivity contribution in [2.75, 3.05) is 11.4 Å². The fourth-order valence-electron chi connectivity index (χ4n) is 2.32. The van der Waals surface area contributed by atoms with Crippen LogP contribution in [0.5, 0.6) is 0 Å². The van der Waals surface area contributed by atoms with Crippen molar-refractivity contribution in [1.29, 1.82) is 0 Å². The molecule has 1 heterocycles. The van der Waals surface area contributed by atoms with E-state index < -0.39 is 16.0 Å². The highest BCUT2D eigenvalue weighted by atomic mass is 32.2. The van der Waals surface area contributed by atoms with E-state index in [9.17, 15) is 13.2 Å². The second-order valence-corrected chi connectivity index (χ2v) is 6.99. The highest BCUT2D eigenvalue weighted by Crippen LogP contribution is 2.34. The summed E-state index contributed by atoms with van der Waals surface area (Å²) in [6.07, 6.45) is 2.88. The van der Waals surface area contributed by atoms with Crippen LogP contribution in [0.25, 0.3) is 11.8 Å². The third-order valence-electron chi connectivity index (χ3n) is 3.57. The van der Waals surface area contributed by atoms with Gasteiger partial charge in [-0.25, -0.2) is 13.2 Å². The lowest BCUT2D eigenvalue weighted by Crippen LogP contribution is -2.28. The Hall–Kier alpha value is -2.86. The Morgan fingerprint density at radius 1 is 1.04 bits per heavy atom. The summed E-state index contributed by atoms with van der Waals surface area (Å²) in [5.41, 5.74) is 1.87. The van der Waals surface area contributed by atoms with Crippen molar-refractivity contribution in [1.82, 2.24) is 0 Å². The van der Waals surface area contributed by atoms with Gasteiger partial charge in [0.1, 0.15) is 0 Å². The molecule has 2 aromatic carbocycles. The molecule has 3 rings (SSSR count). The number of carbonyl (C=O) groups is 1. The van der Waals surface area contributed by atoms with Crippen molar-refractivity contribution in [2.24, 2.45) is 0 Å². The second kappa shape index (κ2) is 6.33. The first-order valence-corrected chi connectivity index (χ1v) is 8.73. The number of anilines is 1. The maximum absolute atomic E-state index is 12.2. The van der Waals surface area contributed by atoms with Gasteiger partial charge in [0.05, 0.1) is 11.1 Å². The summed E-state index contributed by atoms with van der Waals surface area (Å²) in [5.74, 6) is -0.619. The van der Waals surface area contributed by atoms with Gasteiger partial charge in [0, 0.05) is 18.7 Å². The number of hydrogen-bond acceptors (Lipinski definition) is 4. The standard InChI is InChI=1S/C18H15NO4S/c1-19-16-10-6-5-9-15(16)17(13-24(19,21)22)23-18(20)12-11-14-7-3-2-4-8-14/h2-13H,1H3/b12-11+. The zero-order chi connectivity index (χ0) is 17.2. The van der Waals surface area contributed by atoms with Crippen molar-refractivity contribution in [3.05, 3.63) is 77.2 Å². The lowest BCUT2D eigenvalue weighted by atomic mass is 10.1. The first-order chi connectivity index (χ1) is 11.5. The zero-order valence-electron chi connectivity index (χ0n) is 12.9. The van der Waals surface area contributed by atoms with Crippen molar-refractivity contribution >= 4 is 33.5 Å². The number of fused-ring (bicyclic) bond motifs is 1. The lowest BCUT2D eigenvalue weighted by Gasteiger charge is -2.25. The van der Waals surface area contributed by atoms with Crippen molar-refractivity contribution in [2.45, 2.75) is 0 Å². The highest BCUT2D eigenvalue weighted by Gasteiger charge is 2.28. The van der Waals surface area contributed by atoms with Crippen molar-refractivity contribution in [3.8, 4) is 0 Å². The average Bonchev–Trinajstić information content (AvgIpc) is 2.58. The molecule has 24 heavy (non-hydrogen) atoms. The molecular formula is C18H15NO4S. The van der Waals surface area contributed by atoms with Crippen LogP contribution in [0.2, 0.25) is 0 Å². The molecule has 1 aliphatic heterocycles. The molecular weight excluding hydrogens is 326 g/mol. The van der Waals surface area contributed by atoms with Crippen LogP contribution < -0.4 is 4.31 Å². The van der Waals surface area contributed by atoms with Gasteiger partial charge >= 0.3 is 5.97 Å². The van der Waals surface area contributed by atoms with Crippen LogP contribution in [0.4, 0.5) is 5.69 Å². The van der Waals surface area contributed by atoms with Crippen LogP contribution in [0.3, 0.4) is 0 Å². The van der Waals surface area contributed by atoms with Gasteiger partial charge in [-0.3, -0.25) is 4.31 Å². The number of ether oxygens (including phenoxy) is 1. The Labute approximate surface area is 140 Å². The number of nitrogens with zero attached hydrogens (tertiary/aromatic N) is 1. The molecule has 5 nitrogen and oxygen atoms in total. The number of benzene rings is 2. The van der Waals surface area contributed by atoms with Gasteiger partial charge in [0.2, 0.25) is 0 Å². The van der Waals surface area contributed by atoms with E-state index in [2.05, 4.69) is 0 Å². The van der Waals surface area contributed by atoms with E-state index in [4.69, 9.17) is 4.74 Å². The lowest BCUT2D eigenvalue weighted by molar-refractivity contribution is -0.131. The van der Waals surface area contributed by atoms with Gasteiger partial charge in [-0.05, 0) is 23.8 Å². The predicted molar refractivity (Wildman–Crippen MR) is 93.3 cm³/mol. The molecule has 0 bridgehead atoms. The first-order valence-electron chi connectivity index (χ1n) is 7.22. The minimum Gasteiger partial charge on any atom is -0.422 e. The van der Waals surface area contributed by atoms with Crippen LogP contribution in [-0.4, -0.2) is 21.4 Å². The second-order valence-electron chi connectivity index (χ2n) is 5.18. The van der Waals surface area contributed by atoms with E-state index in [0.717, 1.165) is 15.3 Å². The van der Waals surface area contributed by atoms with Gasteiger partial charge in [-0.15, -0.1) is 0 Å². The Kier molecular flexibility index (Phi) is 4.22. The molecule has 0 atom stereocenters. The number of carbonyl (C=O) groups excluding carboxylic acids is 1. The molecule has 0 aliphatic carbocycles. The summed E-state index contributed by atoms with van der Waals surface area (Å²) in [7, 11) is -2.21. The van der Waals surface area contributed by atoms with E-state index in [1.807, 2.05) is 30.3 Å². The molecule has 0 saturated heterocycles. The molecule has 0 fully saturated rings. The summed E-state index contributed by atoms with van der Waals surface area (Å²) < 4.78 is 30.7. The Morgan fingerprint density at radius 3 is 2.46 bits per heavy atom. The number of para-hydroxylation sites is 1. The number of hydrogen-bond donors (Lipinski definition) is 0. The molecule has 0 saturated carbocycles. The molecule has 0 radical (unpaired) electrons. The maximum atomic E-state index is 12.2. The smallest absolute Gasteiger partial charge is 0.336 e. The van der Waals surface area contributed by atoms with Crippen LogP contribution in [0.1, 0.15) is 11.1 Å². The number of rotatable bonds is 3. The summed E-state index contributed by atoms with van der Waals surface area (Å²) in [6.45, 7) is 0. The van der Waals surface area contributed by atoms with Gasteiger partial charge < -0.3 is 4.74 Å². The first kappa shape index (κ1) is 16.0. The fourth-order valence-corrected chi connectivity index (χ4v) is 3.36. The summed E-state index contributed by atoms with van der Waals surface area (Å²) in [4.78, 5) is 12.0. The molecule has 6 heteroatoms. The van der Waals surface area contributed by atoms with E-state index in [1.165, 1.54) is 13.1 Å². The van der Waals surface area contributed by atoms with Crippen LogP contribution in [0, 0.1) is 0 Å². The third kappa shape index (κ3) is 3.23. The number of esters is 1. The Balaban J connectivity index is 1.86. The predicted octanol–water partition coefficient (Wildman–Crippen LogP) is 3.02. The average molecular weight is 341 g/mol. The molecule has 1 aliphatic rings. The van der Waals surface area contributed by atoms with E-state index in [-0.39, 0.29) is 5.76 Å². The van der Waals surface area contributed by atoms with Crippen LogP contribution in [0.15, 0.2) is 66.1 Å². The molecule has 2 aromatic rings. The number of sulfonamides is 1. The summed E-state index contributed by atoms with van der Waals surface area (Å²) >= 11 is 0. The van der Waals surface area contributed by atoms with Gasteiger partial charge in [-0.1, -0.05) is 42.5 Å². The maximum Gasteiger partial charge on any atom is 0.336 e. The Bertz CT molecular complexity index is 931. The SMILES string of the molecule is CN1c2ccccc2C(OC(=O)/C=C/c2ccccc2)=CS1(=O)=O. The minimum atomic E-state index is -3.67. The molecule has 0 unspecified atom stereocenters. The quantitative estimate of drug-likeness (QED) is 0.636. The third-order valence-corrected chi connectivity index (χ3v) is 5.04. The largest absolute Gasteiger partial charge is 0.422 e. The van der Waals surface area contributed by atoms with E-state index in [0.29, 0.717) is 11.3 Å². The van der Waals surface area contributed by atoms with Crippen molar-refractivity contribution in [3.63, 3.8) is 0 Å². The van der Waals surface area contributed by atoms with E-state index >= 15 is 0 Å². The highest BCUT2D eigenvalue weighted by molar-refractivity contribution is 7.95. The molecule has 0 aromatic heterocycles. The minimum absolute atomic E-state index is 0.0198. The van der Waals surface area contributed by atoms with Crippen LogP contribution in [-0.2, 0) is 19.6 Å². The van der Waals surface area contributed by atoms with E-state index in [1.54, 1.807) is 30.3 Å². The molecule has 0 amide bonds. The molecule has 0 N–H and O–H groups in total. The topological polar surface area (TPSA) is 63.7 Å². The molecule has 122 valence electrons. The fraction of sp³-hybridized carbons (Fsp3) is 0.0556. The van der Waals surface area contributed by atoms with Crippen molar-refractivity contribution < 1.29 is 17.9 Å². The van der Waals surface area contributed by atoms with Crippen LogP contribution >= 0.6 is 0 Å².